The van der Waals surface area contributed by atoms with Crippen molar-refractivity contribution in [1.82, 2.24) is 9.97 Å². The third-order valence-electron chi connectivity index (χ3n) is 3.45. The van der Waals surface area contributed by atoms with Crippen LogP contribution in [0.4, 0.5) is 0 Å². The van der Waals surface area contributed by atoms with Crippen molar-refractivity contribution in [3.8, 4) is 0 Å². The molecule has 0 radical (unpaired) electrons. The molecule has 1 aromatic heterocycles. The van der Waals surface area contributed by atoms with E-state index in [-0.39, 0.29) is 5.56 Å². The lowest BCUT2D eigenvalue weighted by Gasteiger charge is -2.06. The number of aromatic carboxylic acids is 1. The van der Waals surface area contributed by atoms with Gasteiger partial charge in [0.15, 0.2) is 0 Å². The normalized spacial score (nSPS) is 14.1. The van der Waals surface area contributed by atoms with E-state index in [9.17, 15) is 9.90 Å². The minimum atomic E-state index is -0.936. The summed E-state index contributed by atoms with van der Waals surface area (Å²) in [4.78, 5) is 21.0. The molecule has 1 fully saturated rings. The molecule has 0 saturated heterocycles. The Hall–Kier alpha value is -1.88. The van der Waals surface area contributed by atoms with Crippen molar-refractivity contribution >= 4 is 17.7 Å². The molecule has 0 unspecified atom stereocenters. The van der Waals surface area contributed by atoms with Gasteiger partial charge in [-0.15, -0.1) is 11.8 Å². The Bertz CT molecular complexity index is 666. The Morgan fingerprint density at radius 3 is 2.67 bits per heavy atom. The van der Waals surface area contributed by atoms with Gasteiger partial charge in [0.2, 0.25) is 0 Å². The first kappa shape index (κ1) is 14.1. The van der Waals surface area contributed by atoms with Gasteiger partial charge < -0.3 is 5.11 Å². The molecule has 0 spiro atoms. The number of carboxylic acid groups (broad SMARTS) is 1. The van der Waals surface area contributed by atoms with Gasteiger partial charge in [-0.2, -0.15) is 0 Å². The fraction of sp³-hybridized carbons (Fsp3) is 0.312. The zero-order valence-electron chi connectivity index (χ0n) is 11.7. The second kappa shape index (κ2) is 5.85. The standard InChI is InChI=1S/C16H16N2O2S/c1-10-2-6-12(7-3-10)21-9-14-17-8-13(16(19)20)15(18-14)11-4-5-11/h2-3,6-8,11H,4-5,9H2,1H3,(H,19,20). The van der Waals surface area contributed by atoms with E-state index in [1.54, 1.807) is 11.8 Å². The number of carboxylic acids is 1. The number of rotatable bonds is 5. The Kier molecular flexibility index (Phi) is 3.92. The predicted molar refractivity (Wildman–Crippen MR) is 81.7 cm³/mol. The van der Waals surface area contributed by atoms with Crippen LogP contribution in [0, 0.1) is 6.92 Å². The number of nitrogens with zero attached hydrogens (tertiary/aromatic N) is 2. The average Bonchev–Trinajstić information content (AvgIpc) is 3.31. The van der Waals surface area contributed by atoms with Crippen molar-refractivity contribution in [3.63, 3.8) is 0 Å². The van der Waals surface area contributed by atoms with E-state index in [2.05, 4.69) is 41.2 Å². The lowest BCUT2D eigenvalue weighted by molar-refractivity contribution is 0.0694. The number of aromatic nitrogens is 2. The summed E-state index contributed by atoms with van der Waals surface area (Å²) in [7, 11) is 0. The van der Waals surface area contributed by atoms with E-state index in [0.29, 0.717) is 23.2 Å². The quantitative estimate of drug-likeness (QED) is 0.854. The second-order valence-electron chi connectivity index (χ2n) is 5.27. The molecular weight excluding hydrogens is 284 g/mol. The highest BCUT2D eigenvalue weighted by Crippen LogP contribution is 2.40. The van der Waals surface area contributed by atoms with E-state index >= 15 is 0 Å². The van der Waals surface area contributed by atoms with Crippen molar-refractivity contribution in [2.75, 3.05) is 0 Å². The molecule has 1 N–H and O–H groups in total. The van der Waals surface area contributed by atoms with Gasteiger partial charge in [-0.3, -0.25) is 0 Å². The molecule has 21 heavy (non-hydrogen) atoms. The van der Waals surface area contributed by atoms with Gasteiger partial charge in [-0.25, -0.2) is 14.8 Å². The van der Waals surface area contributed by atoms with Crippen LogP contribution in [0.3, 0.4) is 0 Å². The first-order chi connectivity index (χ1) is 10.1. The van der Waals surface area contributed by atoms with Crippen LogP contribution in [0.25, 0.3) is 0 Å². The lowest BCUT2D eigenvalue weighted by atomic mass is 10.1. The molecule has 0 bridgehead atoms. The van der Waals surface area contributed by atoms with Crippen molar-refractivity contribution < 1.29 is 9.90 Å². The van der Waals surface area contributed by atoms with E-state index in [1.165, 1.54) is 16.7 Å². The van der Waals surface area contributed by atoms with E-state index in [4.69, 9.17) is 0 Å². The number of carbonyl (C=O) groups is 1. The number of thioether (sulfide) groups is 1. The molecule has 1 saturated carbocycles. The summed E-state index contributed by atoms with van der Waals surface area (Å²) in [6.07, 6.45) is 3.51. The van der Waals surface area contributed by atoms with Crippen molar-refractivity contribution in [2.45, 2.75) is 36.3 Å². The van der Waals surface area contributed by atoms with Gasteiger partial charge in [0.25, 0.3) is 0 Å². The number of benzene rings is 1. The van der Waals surface area contributed by atoms with Gasteiger partial charge in [0, 0.05) is 17.0 Å². The summed E-state index contributed by atoms with van der Waals surface area (Å²) in [5, 5.41) is 9.18. The van der Waals surface area contributed by atoms with Gasteiger partial charge >= 0.3 is 5.97 Å². The highest BCUT2D eigenvalue weighted by atomic mass is 32.2. The smallest absolute Gasteiger partial charge is 0.339 e. The number of aryl methyl sites for hydroxylation is 1. The van der Waals surface area contributed by atoms with Crippen LogP contribution in [0.5, 0.6) is 0 Å². The van der Waals surface area contributed by atoms with Gasteiger partial charge in [-0.05, 0) is 31.9 Å². The van der Waals surface area contributed by atoms with Crippen LogP contribution in [0.1, 0.15) is 46.2 Å². The number of hydrogen-bond donors (Lipinski definition) is 1. The predicted octanol–water partition coefficient (Wildman–Crippen LogP) is 3.65. The maximum Gasteiger partial charge on any atom is 0.339 e. The molecule has 0 aliphatic heterocycles. The van der Waals surface area contributed by atoms with Crippen LogP contribution >= 0.6 is 11.8 Å². The molecule has 4 nitrogen and oxygen atoms in total. The molecule has 2 aromatic rings. The summed E-state index contributed by atoms with van der Waals surface area (Å²) < 4.78 is 0. The van der Waals surface area contributed by atoms with Gasteiger partial charge in [-0.1, -0.05) is 17.7 Å². The van der Waals surface area contributed by atoms with Crippen molar-refractivity contribution in [3.05, 3.63) is 53.1 Å². The zero-order valence-corrected chi connectivity index (χ0v) is 12.6. The fourth-order valence-electron chi connectivity index (χ4n) is 2.12. The van der Waals surface area contributed by atoms with Gasteiger partial charge in [0.05, 0.1) is 17.0 Å². The number of hydrogen-bond acceptors (Lipinski definition) is 4. The third-order valence-corrected chi connectivity index (χ3v) is 4.46. The molecule has 1 aromatic carbocycles. The molecule has 1 heterocycles. The van der Waals surface area contributed by atoms with E-state index in [1.807, 2.05) is 0 Å². The molecule has 0 amide bonds. The van der Waals surface area contributed by atoms with Crippen molar-refractivity contribution in [1.29, 1.82) is 0 Å². The largest absolute Gasteiger partial charge is 0.478 e. The maximum atomic E-state index is 11.2. The van der Waals surface area contributed by atoms with Crippen molar-refractivity contribution in [2.24, 2.45) is 0 Å². The Labute approximate surface area is 127 Å². The molecule has 1 aliphatic carbocycles. The van der Waals surface area contributed by atoms with Crippen LogP contribution in [0.15, 0.2) is 35.4 Å². The van der Waals surface area contributed by atoms with Gasteiger partial charge in [0.1, 0.15) is 5.82 Å². The fourth-order valence-corrected chi connectivity index (χ4v) is 2.88. The monoisotopic (exact) mass is 300 g/mol. The first-order valence-electron chi connectivity index (χ1n) is 6.92. The SMILES string of the molecule is Cc1ccc(SCc2ncc(C(=O)O)c(C3CC3)n2)cc1. The third kappa shape index (κ3) is 3.42. The van der Waals surface area contributed by atoms with E-state index in [0.717, 1.165) is 12.8 Å². The summed E-state index contributed by atoms with van der Waals surface area (Å²) in [6.45, 7) is 2.06. The summed E-state index contributed by atoms with van der Waals surface area (Å²) >= 11 is 1.66. The first-order valence-corrected chi connectivity index (χ1v) is 7.90. The van der Waals surface area contributed by atoms with E-state index < -0.39 is 5.97 Å². The molecule has 108 valence electrons. The minimum Gasteiger partial charge on any atom is -0.478 e. The molecule has 3 rings (SSSR count). The topological polar surface area (TPSA) is 63.1 Å². The van der Waals surface area contributed by atoms with Crippen LogP contribution < -0.4 is 0 Å². The lowest BCUT2D eigenvalue weighted by Crippen LogP contribution is -2.07. The molecule has 0 atom stereocenters. The van der Waals surface area contributed by atoms with Crippen LogP contribution in [-0.2, 0) is 5.75 Å². The summed E-state index contributed by atoms with van der Waals surface area (Å²) in [5.74, 6) is 0.729. The molecular formula is C16H16N2O2S. The maximum absolute atomic E-state index is 11.2. The highest BCUT2D eigenvalue weighted by Gasteiger charge is 2.30. The highest BCUT2D eigenvalue weighted by molar-refractivity contribution is 7.98. The molecule has 5 heteroatoms. The van der Waals surface area contributed by atoms with Crippen LogP contribution in [0.2, 0.25) is 0 Å². The minimum absolute atomic E-state index is 0.251. The zero-order chi connectivity index (χ0) is 14.8. The Balaban J connectivity index is 1.75. The average molecular weight is 300 g/mol. The Morgan fingerprint density at radius 2 is 2.05 bits per heavy atom. The molecule has 1 aliphatic rings. The Morgan fingerprint density at radius 1 is 1.33 bits per heavy atom. The summed E-state index contributed by atoms with van der Waals surface area (Å²) in [6, 6.07) is 8.31. The second-order valence-corrected chi connectivity index (χ2v) is 6.32. The summed E-state index contributed by atoms with van der Waals surface area (Å²) in [5.41, 5.74) is 2.19. The van der Waals surface area contributed by atoms with Crippen LogP contribution in [-0.4, -0.2) is 21.0 Å².